The lowest BCUT2D eigenvalue weighted by atomic mass is 10.2. The fourth-order valence-electron chi connectivity index (χ4n) is 2.71. The highest BCUT2D eigenvalue weighted by Crippen LogP contribution is 2.26. The third-order valence-corrected chi connectivity index (χ3v) is 4.35. The van der Waals surface area contributed by atoms with E-state index in [-0.39, 0.29) is 0 Å². The molecule has 32 heavy (non-hydrogen) atoms. The largest absolute Gasteiger partial charge is 0.493 e. The van der Waals surface area contributed by atoms with Crippen molar-refractivity contribution in [3.63, 3.8) is 0 Å². The second-order valence-electron chi connectivity index (χ2n) is 6.57. The number of carbonyl (C=O) groups is 2. The number of hydrogen-bond donors (Lipinski definition) is 2. The van der Waals surface area contributed by atoms with Crippen molar-refractivity contribution >= 4 is 23.7 Å². The summed E-state index contributed by atoms with van der Waals surface area (Å²) in [5, 5.41) is 6.31. The van der Waals surface area contributed by atoms with Gasteiger partial charge in [0.2, 0.25) is 0 Å². The lowest BCUT2D eigenvalue weighted by Gasteiger charge is -2.08. The van der Waals surface area contributed by atoms with E-state index in [0.29, 0.717) is 35.1 Å². The Hall–Kier alpha value is -4.33. The fourth-order valence-corrected chi connectivity index (χ4v) is 2.71. The summed E-state index contributed by atoms with van der Waals surface area (Å²) >= 11 is 0. The topological polar surface area (TPSA) is 98.2 Å². The van der Waals surface area contributed by atoms with Crippen molar-refractivity contribution in [3.8, 4) is 17.2 Å². The zero-order chi connectivity index (χ0) is 22.8. The summed E-state index contributed by atoms with van der Waals surface area (Å²) in [6, 6.07) is 21.6. The molecule has 0 radical (unpaired) electrons. The van der Waals surface area contributed by atoms with Gasteiger partial charge < -0.3 is 19.5 Å². The van der Waals surface area contributed by atoms with Crippen molar-refractivity contribution in [2.24, 2.45) is 5.10 Å². The minimum absolute atomic E-state index is 0.438. The standard InChI is InChI=1S/C24H23N3O5/c1-30-21-13-8-18(14-22(21)31-2)15-25-27-24(29)23(28)26-19-9-11-20(12-10-19)32-16-17-6-4-3-5-7-17/h3-15H,16H2,1-2H3,(H,26,28)(H,27,29)/b25-15-. The first-order valence-corrected chi connectivity index (χ1v) is 9.72. The Morgan fingerprint density at radius 3 is 2.28 bits per heavy atom. The number of rotatable bonds is 8. The van der Waals surface area contributed by atoms with Gasteiger partial charge in [-0.05, 0) is 53.6 Å². The van der Waals surface area contributed by atoms with Crippen LogP contribution in [0.25, 0.3) is 0 Å². The first-order chi connectivity index (χ1) is 15.6. The average Bonchev–Trinajstić information content (AvgIpc) is 2.84. The average molecular weight is 433 g/mol. The lowest BCUT2D eigenvalue weighted by molar-refractivity contribution is -0.136. The Balaban J connectivity index is 1.48. The van der Waals surface area contributed by atoms with Gasteiger partial charge in [-0.1, -0.05) is 30.3 Å². The minimum Gasteiger partial charge on any atom is -0.493 e. The quantitative estimate of drug-likeness (QED) is 0.322. The highest BCUT2D eigenvalue weighted by molar-refractivity contribution is 6.39. The zero-order valence-corrected chi connectivity index (χ0v) is 17.7. The lowest BCUT2D eigenvalue weighted by Crippen LogP contribution is -2.32. The van der Waals surface area contributed by atoms with Crippen LogP contribution in [0.4, 0.5) is 5.69 Å². The number of carbonyl (C=O) groups excluding carboxylic acids is 2. The molecule has 8 nitrogen and oxygen atoms in total. The van der Waals surface area contributed by atoms with Crippen LogP contribution in [0.1, 0.15) is 11.1 Å². The molecule has 2 amide bonds. The van der Waals surface area contributed by atoms with Gasteiger partial charge in [0.25, 0.3) is 0 Å². The third kappa shape index (κ3) is 6.33. The number of amides is 2. The van der Waals surface area contributed by atoms with E-state index in [9.17, 15) is 9.59 Å². The van der Waals surface area contributed by atoms with E-state index in [0.717, 1.165) is 5.56 Å². The molecule has 3 rings (SSSR count). The van der Waals surface area contributed by atoms with Crippen LogP contribution in [0.15, 0.2) is 77.9 Å². The molecule has 0 unspecified atom stereocenters. The predicted octanol–water partition coefficient (Wildman–Crippen LogP) is 3.37. The molecule has 0 saturated carbocycles. The van der Waals surface area contributed by atoms with E-state index in [1.807, 2.05) is 30.3 Å². The van der Waals surface area contributed by atoms with Crippen molar-refractivity contribution in [2.75, 3.05) is 19.5 Å². The molecule has 0 bridgehead atoms. The molecule has 3 aromatic rings. The van der Waals surface area contributed by atoms with Gasteiger partial charge in [-0.3, -0.25) is 9.59 Å². The maximum absolute atomic E-state index is 12.1. The number of methoxy groups -OCH3 is 2. The molecule has 3 aromatic carbocycles. The summed E-state index contributed by atoms with van der Waals surface area (Å²) in [4.78, 5) is 24.1. The second kappa shape index (κ2) is 11.2. The Kier molecular flexibility index (Phi) is 7.80. The number of hydrazone groups is 1. The number of hydrogen-bond acceptors (Lipinski definition) is 6. The Morgan fingerprint density at radius 2 is 1.59 bits per heavy atom. The number of ether oxygens (including phenoxy) is 3. The molecular weight excluding hydrogens is 410 g/mol. The van der Waals surface area contributed by atoms with Crippen LogP contribution in [0.3, 0.4) is 0 Å². The molecule has 0 saturated heterocycles. The van der Waals surface area contributed by atoms with Crippen LogP contribution in [0.2, 0.25) is 0 Å². The number of benzene rings is 3. The van der Waals surface area contributed by atoms with Gasteiger partial charge in [0.15, 0.2) is 11.5 Å². The molecule has 0 fully saturated rings. The van der Waals surface area contributed by atoms with Crippen molar-refractivity contribution in [3.05, 3.63) is 83.9 Å². The number of nitrogens with one attached hydrogen (secondary N) is 2. The van der Waals surface area contributed by atoms with Gasteiger partial charge in [-0.2, -0.15) is 5.10 Å². The van der Waals surface area contributed by atoms with Crippen molar-refractivity contribution in [2.45, 2.75) is 6.61 Å². The van der Waals surface area contributed by atoms with Gasteiger partial charge in [0, 0.05) is 5.69 Å². The molecule has 0 aliphatic heterocycles. The smallest absolute Gasteiger partial charge is 0.329 e. The molecular formula is C24H23N3O5. The molecule has 0 atom stereocenters. The Bertz CT molecular complexity index is 1080. The van der Waals surface area contributed by atoms with Gasteiger partial charge in [-0.25, -0.2) is 5.43 Å². The summed E-state index contributed by atoms with van der Waals surface area (Å²) in [5.74, 6) is 0.00984. The normalized spacial score (nSPS) is 10.4. The SMILES string of the molecule is COc1ccc(/C=N\NC(=O)C(=O)Nc2ccc(OCc3ccccc3)cc2)cc1OC. The van der Waals surface area contributed by atoms with Gasteiger partial charge in [-0.15, -0.1) is 0 Å². The van der Waals surface area contributed by atoms with Crippen molar-refractivity contribution in [1.82, 2.24) is 5.43 Å². The van der Waals surface area contributed by atoms with Crippen LogP contribution in [-0.4, -0.2) is 32.2 Å². The number of anilines is 1. The minimum atomic E-state index is -0.897. The monoisotopic (exact) mass is 433 g/mol. The maximum atomic E-state index is 12.1. The van der Waals surface area contributed by atoms with Crippen LogP contribution >= 0.6 is 0 Å². The summed E-state index contributed by atoms with van der Waals surface area (Å²) in [7, 11) is 3.06. The molecule has 8 heteroatoms. The third-order valence-electron chi connectivity index (χ3n) is 4.35. The van der Waals surface area contributed by atoms with Crippen LogP contribution < -0.4 is 25.0 Å². The van der Waals surface area contributed by atoms with Gasteiger partial charge >= 0.3 is 11.8 Å². The van der Waals surface area contributed by atoms with E-state index in [4.69, 9.17) is 14.2 Å². The van der Waals surface area contributed by atoms with E-state index in [1.54, 1.807) is 42.5 Å². The predicted molar refractivity (Wildman–Crippen MR) is 121 cm³/mol. The molecule has 2 N–H and O–H groups in total. The first-order valence-electron chi connectivity index (χ1n) is 9.72. The van der Waals surface area contributed by atoms with E-state index in [1.165, 1.54) is 20.4 Å². The molecule has 0 heterocycles. The highest BCUT2D eigenvalue weighted by atomic mass is 16.5. The van der Waals surface area contributed by atoms with E-state index >= 15 is 0 Å². The van der Waals surface area contributed by atoms with Crippen LogP contribution in [-0.2, 0) is 16.2 Å². The second-order valence-corrected chi connectivity index (χ2v) is 6.57. The van der Waals surface area contributed by atoms with Crippen molar-refractivity contribution in [1.29, 1.82) is 0 Å². The zero-order valence-electron chi connectivity index (χ0n) is 17.7. The fraction of sp³-hybridized carbons (Fsp3) is 0.125. The van der Waals surface area contributed by atoms with E-state index < -0.39 is 11.8 Å². The molecule has 0 aromatic heterocycles. The van der Waals surface area contributed by atoms with Crippen LogP contribution in [0.5, 0.6) is 17.2 Å². The number of nitrogens with zero attached hydrogens (tertiary/aromatic N) is 1. The first kappa shape index (κ1) is 22.4. The molecule has 0 aliphatic rings. The Labute approximate surface area is 185 Å². The molecule has 0 aliphatic carbocycles. The summed E-state index contributed by atoms with van der Waals surface area (Å²) in [6.45, 7) is 0.438. The Morgan fingerprint density at radius 1 is 0.875 bits per heavy atom. The maximum Gasteiger partial charge on any atom is 0.329 e. The summed E-state index contributed by atoms with van der Waals surface area (Å²) in [5.41, 5.74) is 4.36. The van der Waals surface area contributed by atoms with Crippen molar-refractivity contribution < 1.29 is 23.8 Å². The van der Waals surface area contributed by atoms with Gasteiger partial charge in [0.05, 0.1) is 20.4 Å². The highest BCUT2D eigenvalue weighted by Gasteiger charge is 2.13. The molecule has 164 valence electrons. The molecule has 0 spiro atoms. The van der Waals surface area contributed by atoms with Crippen LogP contribution in [0, 0.1) is 0 Å². The summed E-state index contributed by atoms with van der Waals surface area (Å²) in [6.07, 6.45) is 1.39. The van der Waals surface area contributed by atoms with Gasteiger partial charge in [0.1, 0.15) is 12.4 Å². The van der Waals surface area contributed by atoms with E-state index in [2.05, 4.69) is 15.8 Å². The summed E-state index contributed by atoms with van der Waals surface area (Å²) < 4.78 is 16.1.